The number of nitrogens with zero attached hydrogens (tertiary/aromatic N) is 1. The molecule has 1 aliphatic heterocycles. The Hall–Kier alpha value is -2.47. The molecule has 1 amide bonds. The van der Waals surface area contributed by atoms with Crippen LogP contribution in [0.1, 0.15) is 46.2 Å². The molecule has 25 heavy (non-hydrogen) atoms. The van der Waals surface area contributed by atoms with Gasteiger partial charge in [-0.05, 0) is 61.9 Å². The lowest BCUT2D eigenvalue weighted by atomic mass is 10.0. The third-order valence-corrected chi connectivity index (χ3v) is 5.10. The molecule has 1 atom stereocenters. The van der Waals surface area contributed by atoms with Gasteiger partial charge in [-0.15, -0.1) is 11.3 Å². The average Bonchev–Trinajstić information content (AvgIpc) is 3.16. The second kappa shape index (κ2) is 7.61. The van der Waals surface area contributed by atoms with Crippen molar-refractivity contribution in [1.29, 1.82) is 0 Å². The van der Waals surface area contributed by atoms with E-state index in [4.69, 9.17) is 4.74 Å². The largest absolute Gasteiger partial charge is 0.425 e. The Kier molecular flexibility index (Phi) is 5.28. The zero-order chi connectivity index (χ0) is 17.8. The molecule has 1 aliphatic rings. The van der Waals surface area contributed by atoms with Crippen LogP contribution < -0.4 is 4.74 Å². The number of ketones is 1. The van der Waals surface area contributed by atoms with Crippen LogP contribution in [0.3, 0.4) is 0 Å². The van der Waals surface area contributed by atoms with Crippen molar-refractivity contribution in [3.05, 3.63) is 52.2 Å². The molecule has 2 aromatic rings. The summed E-state index contributed by atoms with van der Waals surface area (Å²) >= 11 is 1.37. The van der Waals surface area contributed by atoms with Crippen LogP contribution >= 0.6 is 11.3 Å². The highest BCUT2D eigenvalue weighted by molar-refractivity contribution is 7.12. The molecular weight excluding hydrogens is 338 g/mol. The van der Waals surface area contributed by atoms with Gasteiger partial charge in [0, 0.05) is 12.1 Å². The zero-order valence-electron chi connectivity index (χ0n) is 13.9. The topological polar surface area (TPSA) is 63.7 Å². The van der Waals surface area contributed by atoms with Gasteiger partial charge in [0.05, 0.1) is 4.88 Å². The first-order chi connectivity index (χ1) is 12.1. The van der Waals surface area contributed by atoms with Crippen LogP contribution in [0.5, 0.6) is 5.75 Å². The van der Waals surface area contributed by atoms with E-state index in [1.807, 2.05) is 11.4 Å². The molecule has 1 fully saturated rings. The molecule has 3 rings (SSSR count). The number of likely N-dealkylation sites (tertiary alicyclic amines) is 1. The summed E-state index contributed by atoms with van der Waals surface area (Å²) in [6, 6.07) is 9.47. The van der Waals surface area contributed by atoms with E-state index < -0.39 is 12.0 Å². The summed E-state index contributed by atoms with van der Waals surface area (Å²) in [6.07, 6.45) is 2.37. The number of carbonyl (C=O) groups is 3. The molecule has 0 aliphatic carbocycles. The second-order valence-electron chi connectivity index (χ2n) is 5.99. The molecule has 130 valence electrons. The molecule has 6 heteroatoms. The van der Waals surface area contributed by atoms with Crippen molar-refractivity contribution >= 4 is 29.0 Å². The summed E-state index contributed by atoms with van der Waals surface area (Å²) in [5.74, 6) is -0.217. The predicted octanol–water partition coefficient (Wildman–Crippen LogP) is 3.55. The minimum absolute atomic E-state index is 0.0436. The number of carbonyl (C=O) groups excluding carboxylic acids is 3. The van der Waals surface area contributed by atoms with E-state index in [1.54, 1.807) is 35.2 Å². The fraction of sp³-hybridized carbons (Fsp3) is 0.316. The Morgan fingerprint density at radius 1 is 1.12 bits per heavy atom. The smallest absolute Gasteiger partial charge is 0.334 e. The Morgan fingerprint density at radius 3 is 2.52 bits per heavy atom. The van der Waals surface area contributed by atoms with Crippen LogP contribution in [-0.2, 0) is 4.79 Å². The molecule has 1 aromatic heterocycles. The third-order valence-electron chi connectivity index (χ3n) is 4.25. The number of amides is 1. The van der Waals surface area contributed by atoms with Crippen LogP contribution in [-0.4, -0.2) is 35.1 Å². The van der Waals surface area contributed by atoms with Crippen LogP contribution in [0.4, 0.5) is 0 Å². The van der Waals surface area contributed by atoms with Crippen molar-refractivity contribution in [3.63, 3.8) is 0 Å². The highest BCUT2D eigenvalue weighted by Gasteiger charge is 2.34. The van der Waals surface area contributed by atoms with Crippen LogP contribution in [0.2, 0.25) is 0 Å². The molecule has 2 heterocycles. The summed E-state index contributed by atoms with van der Waals surface area (Å²) in [5.41, 5.74) is 0.562. The molecule has 0 bridgehead atoms. The van der Waals surface area contributed by atoms with E-state index in [0.717, 1.165) is 12.8 Å². The Morgan fingerprint density at radius 2 is 1.88 bits per heavy atom. The average molecular weight is 357 g/mol. The highest BCUT2D eigenvalue weighted by Crippen LogP contribution is 2.23. The van der Waals surface area contributed by atoms with Gasteiger partial charge in [-0.3, -0.25) is 9.59 Å². The van der Waals surface area contributed by atoms with Crippen molar-refractivity contribution in [3.8, 4) is 5.75 Å². The van der Waals surface area contributed by atoms with Crippen molar-refractivity contribution in [2.75, 3.05) is 6.54 Å². The SMILES string of the molecule is CC(=O)c1ccc(OC(=O)C2CCCCN2C(=O)c2cccs2)cc1. The Labute approximate surface area is 150 Å². The van der Waals surface area contributed by atoms with Gasteiger partial charge >= 0.3 is 5.97 Å². The van der Waals surface area contributed by atoms with Gasteiger partial charge in [0.25, 0.3) is 5.91 Å². The number of thiophene rings is 1. The minimum atomic E-state index is -0.573. The third kappa shape index (κ3) is 3.96. The zero-order valence-corrected chi connectivity index (χ0v) is 14.8. The molecule has 0 spiro atoms. The first-order valence-electron chi connectivity index (χ1n) is 8.23. The first-order valence-corrected chi connectivity index (χ1v) is 9.11. The minimum Gasteiger partial charge on any atom is -0.425 e. The van der Waals surface area contributed by atoms with E-state index in [-0.39, 0.29) is 11.7 Å². The molecule has 0 saturated carbocycles. The van der Waals surface area contributed by atoms with Crippen LogP contribution in [0, 0.1) is 0 Å². The lowest BCUT2D eigenvalue weighted by Gasteiger charge is -2.33. The van der Waals surface area contributed by atoms with Crippen LogP contribution in [0.15, 0.2) is 41.8 Å². The highest BCUT2D eigenvalue weighted by atomic mass is 32.1. The normalized spacial score (nSPS) is 17.2. The summed E-state index contributed by atoms with van der Waals surface area (Å²) in [4.78, 5) is 38.8. The number of benzene rings is 1. The molecule has 1 saturated heterocycles. The Bertz CT molecular complexity index is 767. The van der Waals surface area contributed by atoms with Crippen molar-refractivity contribution in [2.24, 2.45) is 0 Å². The molecule has 1 aromatic carbocycles. The maximum absolute atomic E-state index is 12.6. The van der Waals surface area contributed by atoms with Crippen molar-refractivity contribution < 1.29 is 19.1 Å². The predicted molar refractivity (Wildman–Crippen MR) is 95.1 cm³/mol. The molecule has 5 nitrogen and oxygen atoms in total. The number of esters is 1. The Balaban J connectivity index is 1.72. The maximum Gasteiger partial charge on any atom is 0.334 e. The van der Waals surface area contributed by atoms with E-state index in [9.17, 15) is 14.4 Å². The lowest BCUT2D eigenvalue weighted by Crippen LogP contribution is -2.49. The molecule has 0 radical (unpaired) electrons. The summed E-state index contributed by atoms with van der Waals surface area (Å²) in [6.45, 7) is 2.04. The summed E-state index contributed by atoms with van der Waals surface area (Å²) in [5, 5.41) is 1.85. The first kappa shape index (κ1) is 17.4. The van der Waals surface area contributed by atoms with Gasteiger partial charge < -0.3 is 9.64 Å². The van der Waals surface area contributed by atoms with Crippen LogP contribution in [0.25, 0.3) is 0 Å². The summed E-state index contributed by atoms with van der Waals surface area (Å²) in [7, 11) is 0. The quantitative estimate of drug-likeness (QED) is 0.477. The van der Waals surface area contributed by atoms with Gasteiger partial charge in [-0.25, -0.2) is 4.79 Å². The van der Waals surface area contributed by atoms with Gasteiger partial charge in [0.1, 0.15) is 11.8 Å². The maximum atomic E-state index is 12.6. The number of Topliss-reactive ketones (excluding diaryl/α,β-unsaturated/α-hetero) is 1. The van der Waals surface area contributed by atoms with E-state index in [0.29, 0.717) is 29.2 Å². The van der Waals surface area contributed by atoms with Gasteiger partial charge in [-0.1, -0.05) is 6.07 Å². The molecule has 0 N–H and O–H groups in total. The second-order valence-corrected chi connectivity index (χ2v) is 6.94. The fourth-order valence-electron chi connectivity index (χ4n) is 2.90. The monoisotopic (exact) mass is 357 g/mol. The van der Waals surface area contributed by atoms with E-state index in [1.165, 1.54) is 18.3 Å². The van der Waals surface area contributed by atoms with E-state index >= 15 is 0 Å². The lowest BCUT2D eigenvalue weighted by molar-refractivity contribution is -0.140. The molecule has 1 unspecified atom stereocenters. The number of hydrogen-bond donors (Lipinski definition) is 0. The number of ether oxygens (including phenoxy) is 1. The fourth-order valence-corrected chi connectivity index (χ4v) is 3.58. The number of rotatable bonds is 4. The van der Waals surface area contributed by atoms with Crippen molar-refractivity contribution in [2.45, 2.75) is 32.2 Å². The van der Waals surface area contributed by atoms with Gasteiger partial charge in [0.15, 0.2) is 5.78 Å². The molecular formula is C19H19NO4S. The number of hydrogen-bond acceptors (Lipinski definition) is 5. The van der Waals surface area contributed by atoms with Crippen molar-refractivity contribution in [1.82, 2.24) is 4.90 Å². The standard InChI is InChI=1S/C19H19NO4S/c1-13(21)14-7-9-15(10-8-14)24-19(23)16-5-2-3-11-20(16)18(22)17-6-4-12-25-17/h4,6-10,12,16H,2-3,5,11H2,1H3. The van der Waals surface area contributed by atoms with E-state index in [2.05, 4.69) is 0 Å². The van der Waals surface area contributed by atoms with Gasteiger partial charge in [0.2, 0.25) is 0 Å². The van der Waals surface area contributed by atoms with Gasteiger partial charge in [-0.2, -0.15) is 0 Å². The summed E-state index contributed by atoms with van der Waals surface area (Å²) < 4.78 is 5.45. The number of piperidine rings is 1.